The summed E-state index contributed by atoms with van der Waals surface area (Å²) in [4.78, 5) is 13.8. The molecule has 0 aliphatic carbocycles. The molecule has 1 rings (SSSR count). The Labute approximate surface area is 71.0 Å². The summed E-state index contributed by atoms with van der Waals surface area (Å²) in [5.41, 5.74) is 1.68. The van der Waals surface area contributed by atoms with E-state index in [1.807, 2.05) is 13.0 Å². The molecule has 1 N–H and O–H groups in total. The molecule has 1 heterocycles. The molecule has 0 aliphatic heterocycles. The molecule has 0 spiro atoms. The first-order chi connectivity index (χ1) is 5.66. The minimum absolute atomic E-state index is 0.0868. The summed E-state index contributed by atoms with van der Waals surface area (Å²) in [6.07, 6.45) is 5.33. The third kappa shape index (κ3) is 1.39. The van der Waals surface area contributed by atoms with Gasteiger partial charge in [-0.2, -0.15) is 0 Å². The van der Waals surface area contributed by atoms with Crippen LogP contribution < -0.4 is 5.69 Å². The second kappa shape index (κ2) is 3.26. The molecule has 3 nitrogen and oxygen atoms in total. The van der Waals surface area contributed by atoms with Crippen LogP contribution in [0.4, 0.5) is 0 Å². The van der Waals surface area contributed by atoms with Crippen molar-refractivity contribution in [2.45, 2.75) is 6.92 Å². The SMILES string of the molecule is C=C/C=C\c1c(C)[nH]c(=O)n1C. The first-order valence-corrected chi connectivity index (χ1v) is 3.71. The Morgan fingerprint density at radius 1 is 1.58 bits per heavy atom. The number of aromatic nitrogens is 2. The standard InChI is InChI=1S/C9H12N2O/c1-4-5-6-8-7(2)10-9(12)11(8)3/h4-6H,1H2,2-3H3,(H,10,12)/b6-5-. The van der Waals surface area contributed by atoms with E-state index >= 15 is 0 Å². The van der Waals surface area contributed by atoms with Crippen LogP contribution in [0, 0.1) is 6.92 Å². The van der Waals surface area contributed by atoms with Gasteiger partial charge in [-0.05, 0) is 13.0 Å². The first kappa shape index (κ1) is 8.59. The molecule has 3 heteroatoms. The fraction of sp³-hybridized carbons (Fsp3) is 0.222. The molecule has 1 aromatic heterocycles. The van der Waals surface area contributed by atoms with E-state index in [9.17, 15) is 4.79 Å². The monoisotopic (exact) mass is 164 g/mol. The predicted octanol–water partition coefficient (Wildman–Crippen LogP) is 1.22. The minimum Gasteiger partial charge on any atom is -0.310 e. The number of nitrogens with zero attached hydrogens (tertiary/aromatic N) is 1. The highest BCUT2D eigenvalue weighted by Gasteiger charge is 2.02. The summed E-state index contributed by atoms with van der Waals surface area (Å²) >= 11 is 0. The number of allylic oxidation sites excluding steroid dienone is 2. The normalized spacial score (nSPS) is 10.8. The van der Waals surface area contributed by atoms with Crippen LogP contribution >= 0.6 is 0 Å². The van der Waals surface area contributed by atoms with Gasteiger partial charge >= 0.3 is 5.69 Å². The predicted molar refractivity (Wildman–Crippen MR) is 50.0 cm³/mol. The van der Waals surface area contributed by atoms with E-state index in [-0.39, 0.29) is 5.69 Å². The second-order valence-corrected chi connectivity index (χ2v) is 2.59. The summed E-state index contributed by atoms with van der Waals surface area (Å²) in [5.74, 6) is 0. The van der Waals surface area contributed by atoms with E-state index in [1.165, 1.54) is 0 Å². The molecule has 0 unspecified atom stereocenters. The maximum Gasteiger partial charge on any atom is 0.325 e. The zero-order valence-electron chi connectivity index (χ0n) is 7.29. The molecule has 0 bridgehead atoms. The van der Waals surface area contributed by atoms with Gasteiger partial charge in [0.2, 0.25) is 0 Å². The topological polar surface area (TPSA) is 37.8 Å². The fourth-order valence-electron chi connectivity index (χ4n) is 1.07. The van der Waals surface area contributed by atoms with Gasteiger partial charge in [-0.25, -0.2) is 4.79 Å². The molecule has 0 radical (unpaired) electrons. The molecule has 0 aromatic carbocycles. The van der Waals surface area contributed by atoms with Gasteiger partial charge in [0.25, 0.3) is 0 Å². The van der Waals surface area contributed by atoms with Gasteiger partial charge in [0.15, 0.2) is 0 Å². The summed E-state index contributed by atoms with van der Waals surface area (Å²) < 4.78 is 1.56. The van der Waals surface area contributed by atoms with Crippen molar-refractivity contribution in [3.63, 3.8) is 0 Å². The van der Waals surface area contributed by atoms with Crippen molar-refractivity contribution in [2.24, 2.45) is 7.05 Å². The van der Waals surface area contributed by atoms with Gasteiger partial charge in [-0.1, -0.05) is 18.7 Å². The Morgan fingerprint density at radius 3 is 2.67 bits per heavy atom. The Bertz CT molecular complexity index is 368. The van der Waals surface area contributed by atoms with Crippen molar-refractivity contribution in [1.82, 2.24) is 9.55 Å². The number of hydrogen-bond acceptors (Lipinski definition) is 1. The van der Waals surface area contributed by atoms with Crippen LogP contribution in [-0.2, 0) is 7.05 Å². The summed E-state index contributed by atoms with van der Waals surface area (Å²) in [5, 5.41) is 0. The molecule has 1 aromatic rings. The Balaban J connectivity index is 3.22. The fourth-order valence-corrected chi connectivity index (χ4v) is 1.07. The quantitative estimate of drug-likeness (QED) is 0.656. The number of nitrogens with one attached hydrogen (secondary N) is 1. The lowest BCUT2D eigenvalue weighted by Crippen LogP contribution is -2.13. The summed E-state index contributed by atoms with van der Waals surface area (Å²) in [6, 6.07) is 0. The molecule has 0 saturated heterocycles. The Hall–Kier alpha value is -1.51. The lowest BCUT2D eigenvalue weighted by molar-refractivity contribution is 0.853. The molecule has 64 valence electrons. The van der Waals surface area contributed by atoms with Crippen LogP contribution in [0.15, 0.2) is 23.5 Å². The molecular formula is C9H12N2O. The van der Waals surface area contributed by atoms with Gasteiger partial charge < -0.3 is 4.98 Å². The molecule has 0 amide bonds. The third-order valence-electron chi connectivity index (χ3n) is 1.73. The van der Waals surface area contributed by atoms with Crippen LogP contribution in [0.3, 0.4) is 0 Å². The van der Waals surface area contributed by atoms with Crippen LogP contribution in [0.25, 0.3) is 6.08 Å². The zero-order valence-corrected chi connectivity index (χ0v) is 7.29. The van der Waals surface area contributed by atoms with E-state index < -0.39 is 0 Å². The first-order valence-electron chi connectivity index (χ1n) is 3.71. The van der Waals surface area contributed by atoms with Crippen molar-refractivity contribution in [3.8, 4) is 0 Å². The molecular weight excluding hydrogens is 152 g/mol. The average molecular weight is 164 g/mol. The number of H-pyrrole nitrogens is 1. The number of imidazole rings is 1. The molecule has 0 saturated carbocycles. The van der Waals surface area contributed by atoms with E-state index in [1.54, 1.807) is 23.8 Å². The zero-order chi connectivity index (χ0) is 9.14. The number of aryl methyl sites for hydroxylation is 1. The maximum absolute atomic E-state index is 11.1. The van der Waals surface area contributed by atoms with Crippen molar-refractivity contribution < 1.29 is 0 Å². The van der Waals surface area contributed by atoms with Crippen LogP contribution in [0.1, 0.15) is 11.4 Å². The van der Waals surface area contributed by atoms with Gasteiger partial charge in [-0.15, -0.1) is 0 Å². The van der Waals surface area contributed by atoms with Crippen molar-refractivity contribution in [1.29, 1.82) is 0 Å². The van der Waals surface area contributed by atoms with Crippen molar-refractivity contribution in [2.75, 3.05) is 0 Å². The number of hydrogen-bond donors (Lipinski definition) is 1. The van der Waals surface area contributed by atoms with E-state index in [0.29, 0.717) is 0 Å². The highest BCUT2D eigenvalue weighted by molar-refractivity contribution is 5.49. The van der Waals surface area contributed by atoms with Gasteiger partial charge in [0.1, 0.15) is 0 Å². The second-order valence-electron chi connectivity index (χ2n) is 2.59. The highest BCUT2D eigenvalue weighted by atomic mass is 16.1. The summed E-state index contributed by atoms with van der Waals surface area (Å²) in [6.45, 7) is 5.42. The number of rotatable bonds is 2. The van der Waals surface area contributed by atoms with Crippen LogP contribution in [-0.4, -0.2) is 9.55 Å². The molecule has 12 heavy (non-hydrogen) atoms. The van der Waals surface area contributed by atoms with E-state index in [2.05, 4.69) is 11.6 Å². The Morgan fingerprint density at radius 2 is 2.25 bits per heavy atom. The van der Waals surface area contributed by atoms with E-state index in [0.717, 1.165) is 11.4 Å². The molecule has 0 atom stereocenters. The van der Waals surface area contributed by atoms with Crippen molar-refractivity contribution in [3.05, 3.63) is 40.6 Å². The van der Waals surface area contributed by atoms with Gasteiger partial charge in [0, 0.05) is 12.7 Å². The smallest absolute Gasteiger partial charge is 0.310 e. The largest absolute Gasteiger partial charge is 0.325 e. The maximum atomic E-state index is 11.1. The van der Waals surface area contributed by atoms with Gasteiger partial charge in [-0.3, -0.25) is 4.57 Å². The average Bonchev–Trinajstić information content (AvgIpc) is 2.25. The van der Waals surface area contributed by atoms with Gasteiger partial charge in [0.05, 0.1) is 5.69 Å². The minimum atomic E-state index is -0.0868. The third-order valence-corrected chi connectivity index (χ3v) is 1.73. The summed E-state index contributed by atoms with van der Waals surface area (Å²) in [7, 11) is 1.73. The lowest BCUT2D eigenvalue weighted by atomic mass is 10.3. The highest BCUT2D eigenvalue weighted by Crippen LogP contribution is 2.03. The molecule has 0 fully saturated rings. The Kier molecular flexibility index (Phi) is 2.33. The number of aromatic amines is 1. The van der Waals surface area contributed by atoms with Crippen molar-refractivity contribution >= 4 is 6.08 Å². The van der Waals surface area contributed by atoms with E-state index in [4.69, 9.17) is 0 Å². The van der Waals surface area contributed by atoms with Crippen LogP contribution in [0.2, 0.25) is 0 Å². The molecule has 0 aliphatic rings. The van der Waals surface area contributed by atoms with Crippen LogP contribution in [0.5, 0.6) is 0 Å². The lowest BCUT2D eigenvalue weighted by Gasteiger charge is -1.93.